The van der Waals surface area contributed by atoms with E-state index in [1.165, 1.54) is 27.2 Å². The van der Waals surface area contributed by atoms with E-state index in [-0.39, 0.29) is 6.42 Å². The Morgan fingerprint density at radius 1 is 1.21 bits per heavy atom. The van der Waals surface area contributed by atoms with Gasteiger partial charge in [0.15, 0.2) is 5.41 Å². The number of carbonyl (C=O) groups excluding carboxylic acids is 3. The van der Waals surface area contributed by atoms with E-state index >= 15 is 0 Å². The van der Waals surface area contributed by atoms with Crippen molar-refractivity contribution in [1.29, 1.82) is 0 Å². The van der Waals surface area contributed by atoms with Gasteiger partial charge in [0.1, 0.15) is 5.60 Å². The van der Waals surface area contributed by atoms with Crippen LogP contribution in [-0.2, 0) is 28.6 Å². The smallest absolute Gasteiger partial charge is 0.327 e. The molecule has 132 valence electrons. The lowest BCUT2D eigenvalue weighted by Crippen LogP contribution is -2.44. The molecule has 0 radical (unpaired) electrons. The first-order valence-electron chi connectivity index (χ1n) is 7.65. The van der Waals surface area contributed by atoms with Gasteiger partial charge in [-0.25, -0.2) is 0 Å². The van der Waals surface area contributed by atoms with Gasteiger partial charge in [-0.1, -0.05) is 0 Å². The lowest BCUT2D eigenvalue weighted by Gasteiger charge is -2.36. The Balaban J connectivity index is 3.63. The van der Waals surface area contributed by atoms with Gasteiger partial charge in [-0.3, -0.25) is 14.4 Å². The fourth-order valence-electron chi connectivity index (χ4n) is 2.91. The molecule has 1 rings (SSSR count). The Kier molecular flexibility index (Phi) is 6.16. The topological polar surface area (TPSA) is 78.9 Å². The van der Waals surface area contributed by atoms with Crippen molar-refractivity contribution in [3.8, 4) is 0 Å². The Hall–Kier alpha value is -2.33. The summed E-state index contributed by atoms with van der Waals surface area (Å²) >= 11 is 0. The van der Waals surface area contributed by atoms with Crippen molar-refractivity contribution in [2.45, 2.75) is 46.1 Å². The minimum absolute atomic E-state index is 0.197. The van der Waals surface area contributed by atoms with E-state index in [1.807, 2.05) is 6.92 Å². The van der Waals surface area contributed by atoms with Gasteiger partial charge < -0.3 is 14.2 Å². The molecule has 6 nitrogen and oxygen atoms in total. The van der Waals surface area contributed by atoms with Crippen LogP contribution < -0.4 is 0 Å². The number of hydrogen-bond donors (Lipinski definition) is 0. The first kappa shape index (κ1) is 19.7. The molecule has 0 atom stereocenters. The van der Waals surface area contributed by atoms with Gasteiger partial charge in [-0.2, -0.15) is 0 Å². The van der Waals surface area contributed by atoms with Gasteiger partial charge in [0.2, 0.25) is 0 Å². The molecule has 1 aliphatic rings. The van der Waals surface area contributed by atoms with E-state index in [9.17, 15) is 14.4 Å². The summed E-state index contributed by atoms with van der Waals surface area (Å²) in [4.78, 5) is 36.1. The average Bonchev–Trinajstić information content (AvgIpc) is 2.52. The second-order valence-electron chi connectivity index (χ2n) is 6.03. The molecule has 6 heteroatoms. The highest BCUT2D eigenvalue weighted by molar-refractivity contribution is 6.03. The molecule has 0 heterocycles. The highest BCUT2D eigenvalue weighted by Gasteiger charge is 2.50. The average molecular weight is 336 g/mol. The predicted molar refractivity (Wildman–Crippen MR) is 86.9 cm³/mol. The molecule has 24 heavy (non-hydrogen) atoms. The molecular weight excluding hydrogens is 312 g/mol. The number of methoxy groups -OCH3 is 2. The zero-order valence-electron chi connectivity index (χ0n) is 15.0. The van der Waals surface area contributed by atoms with Crippen LogP contribution in [0.2, 0.25) is 0 Å². The van der Waals surface area contributed by atoms with E-state index in [0.717, 1.165) is 5.57 Å². The standard InChI is InChI=1S/C18H24O6/c1-7-8-13-9-10-18(15(20)22-5,16(21)23-6)11-14(13)17(3,4)24-12(2)19/h7,11H,9-10H2,1-6H3. The zero-order valence-corrected chi connectivity index (χ0v) is 15.0. The van der Waals surface area contributed by atoms with Crippen LogP contribution in [0.4, 0.5) is 0 Å². The maximum Gasteiger partial charge on any atom is 0.327 e. The number of hydrogen-bond acceptors (Lipinski definition) is 6. The molecule has 0 saturated heterocycles. The minimum Gasteiger partial charge on any atom is -0.468 e. The maximum absolute atomic E-state index is 12.3. The SMILES string of the molecule is CC=C=C1CCC(C(=O)OC)(C(=O)OC)C=C1C(C)(C)OC(C)=O. The lowest BCUT2D eigenvalue weighted by atomic mass is 9.71. The zero-order chi connectivity index (χ0) is 18.5. The summed E-state index contributed by atoms with van der Waals surface area (Å²) in [6.45, 7) is 6.51. The molecular formula is C18H24O6. The monoisotopic (exact) mass is 336 g/mol. The molecule has 0 fully saturated rings. The Morgan fingerprint density at radius 2 is 1.75 bits per heavy atom. The first-order chi connectivity index (χ1) is 11.1. The van der Waals surface area contributed by atoms with Crippen molar-refractivity contribution in [1.82, 2.24) is 0 Å². The van der Waals surface area contributed by atoms with Gasteiger partial charge in [-0.05, 0) is 45.8 Å². The molecule has 0 spiro atoms. The van der Waals surface area contributed by atoms with E-state index < -0.39 is 28.9 Å². The second-order valence-corrected chi connectivity index (χ2v) is 6.03. The molecule has 0 aromatic carbocycles. The van der Waals surface area contributed by atoms with Gasteiger partial charge in [0.25, 0.3) is 0 Å². The Labute approximate surface area is 142 Å². The van der Waals surface area contributed by atoms with Gasteiger partial charge in [-0.15, -0.1) is 5.73 Å². The summed E-state index contributed by atoms with van der Waals surface area (Å²) < 4.78 is 15.0. The summed E-state index contributed by atoms with van der Waals surface area (Å²) in [6.07, 6.45) is 3.81. The van der Waals surface area contributed by atoms with Crippen LogP contribution in [0.5, 0.6) is 0 Å². The summed E-state index contributed by atoms with van der Waals surface area (Å²) in [5.41, 5.74) is 1.81. The van der Waals surface area contributed by atoms with Crippen molar-refractivity contribution in [3.63, 3.8) is 0 Å². The van der Waals surface area contributed by atoms with Crippen LogP contribution in [0.1, 0.15) is 40.5 Å². The van der Waals surface area contributed by atoms with Gasteiger partial charge in [0.05, 0.1) is 14.2 Å². The summed E-state index contributed by atoms with van der Waals surface area (Å²) in [5.74, 6) is -1.87. The molecule has 0 aromatic rings. The van der Waals surface area contributed by atoms with E-state index in [2.05, 4.69) is 5.73 Å². The van der Waals surface area contributed by atoms with Crippen molar-refractivity contribution >= 4 is 17.9 Å². The van der Waals surface area contributed by atoms with Crippen LogP contribution in [0, 0.1) is 5.41 Å². The van der Waals surface area contributed by atoms with Crippen LogP contribution >= 0.6 is 0 Å². The van der Waals surface area contributed by atoms with Crippen molar-refractivity contribution in [3.05, 3.63) is 29.0 Å². The highest BCUT2D eigenvalue weighted by Crippen LogP contribution is 2.43. The summed E-state index contributed by atoms with van der Waals surface area (Å²) in [7, 11) is 2.43. The van der Waals surface area contributed by atoms with E-state index in [4.69, 9.17) is 14.2 Å². The minimum atomic E-state index is -1.56. The van der Waals surface area contributed by atoms with Crippen LogP contribution in [-0.4, -0.2) is 37.7 Å². The number of esters is 3. The number of rotatable bonds is 4. The molecule has 0 aliphatic heterocycles. The number of ether oxygens (including phenoxy) is 3. The molecule has 1 aliphatic carbocycles. The molecule has 0 bridgehead atoms. The third-order valence-electron chi connectivity index (χ3n) is 3.95. The largest absolute Gasteiger partial charge is 0.468 e. The van der Waals surface area contributed by atoms with E-state index in [0.29, 0.717) is 12.0 Å². The van der Waals surface area contributed by atoms with Crippen molar-refractivity contribution in [2.75, 3.05) is 14.2 Å². The molecule has 0 N–H and O–H groups in total. The third kappa shape index (κ3) is 3.77. The Morgan fingerprint density at radius 3 is 2.17 bits per heavy atom. The first-order valence-corrected chi connectivity index (χ1v) is 7.65. The molecule has 0 aromatic heterocycles. The van der Waals surface area contributed by atoms with Crippen LogP contribution in [0.25, 0.3) is 0 Å². The summed E-state index contributed by atoms with van der Waals surface area (Å²) in [6, 6.07) is 0. The van der Waals surface area contributed by atoms with Crippen molar-refractivity contribution < 1.29 is 28.6 Å². The fourth-order valence-corrected chi connectivity index (χ4v) is 2.91. The lowest BCUT2D eigenvalue weighted by molar-refractivity contribution is -0.165. The summed E-state index contributed by atoms with van der Waals surface area (Å²) in [5, 5.41) is 0. The third-order valence-corrected chi connectivity index (χ3v) is 3.95. The molecule has 0 saturated carbocycles. The van der Waals surface area contributed by atoms with Crippen LogP contribution in [0.15, 0.2) is 29.0 Å². The van der Waals surface area contributed by atoms with E-state index in [1.54, 1.807) is 19.9 Å². The van der Waals surface area contributed by atoms with Crippen molar-refractivity contribution in [2.24, 2.45) is 5.41 Å². The molecule has 0 amide bonds. The second kappa shape index (κ2) is 7.49. The van der Waals surface area contributed by atoms with Crippen LogP contribution in [0.3, 0.4) is 0 Å². The highest BCUT2D eigenvalue weighted by atomic mass is 16.6. The number of carbonyl (C=O) groups is 3. The van der Waals surface area contributed by atoms with Gasteiger partial charge >= 0.3 is 17.9 Å². The van der Waals surface area contributed by atoms with Gasteiger partial charge in [0, 0.05) is 18.1 Å². The predicted octanol–water partition coefficient (Wildman–Crippen LogP) is 2.48. The maximum atomic E-state index is 12.3. The molecule has 0 unspecified atom stereocenters. The Bertz CT molecular complexity index is 616. The fraction of sp³-hybridized carbons (Fsp3) is 0.556. The quantitative estimate of drug-likeness (QED) is 0.340. The normalized spacial score (nSPS) is 16.4.